The minimum atomic E-state index is 0.0584. The molecule has 1 rings (SSSR count). The second kappa shape index (κ2) is 4.79. The molecule has 0 aliphatic carbocycles. The zero-order valence-electron chi connectivity index (χ0n) is 6.99. The monoisotopic (exact) mass is 201 g/mol. The van der Waals surface area contributed by atoms with Gasteiger partial charge in [-0.2, -0.15) is 0 Å². The zero-order valence-corrected chi connectivity index (χ0v) is 7.75. The van der Waals surface area contributed by atoms with Gasteiger partial charge in [0.15, 0.2) is 18.8 Å². The van der Waals surface area contributed by atoms with Crippen molar-refractivity contribution in [1.82, 2.24) is 4.98 Å². The Bertz CT molecular complexity index is 303. The second-order valence-electron chi connectivity index (χ2n) is 2.20. The Morgan fingerprint density at radius 2 is 2.38 bits per heavy atom. The standard InChI is InChI=1S/C8H8ClNO3/c1-12-5-13-8-3-10-2-7(9)6(8)4-11/h2-4H,5H2,1H3. The van der Waals surface area contributed by atoms with Crippen LogP contribution in [0.2, 0.25) is 5.02 Å². The fraction of sp³-hybridized carbons (Fsp3) is 0.250. The minimum absolute atomic E-state index is 0.0584. The zero-order chi connectivity index (χ0) is 9.68. The van der Waals surface area contributed by atoms with Crippen LogP contribution < -0.4 is 4.74 Å². The van der Waals surface area contributed by atoms with Crippen LogP contribution in [0.15, 0.2) is 12.4 Å². The van der Waals surface area contributed by atoms with Crippen molar-refractivity contribution in [1.29, 1.82) is 0 Å². The summed E-state index contributed by atoms with van der Waals surface area (Å²) in [5, 5.41) is 0.267. The molecule has 5 heteroatoms. The Morgan fingerprint density at radius 3 is 3.00 bits per heavy atom. The fourth-order valence-corrected chi connectivity index (χ4v) is 0.973. The third-order valence-electron chi connectivity index (χ3n) is 1.35. The number of nitrogens with zero attached hydrogens (tertiary/aromatic N) is 1. The highest BCUT2D eigenvalue weighted by molar-refractivity contribution is 6.33. The smallest absolute Gasteiger partial charge is 0.188 e. The summed E-state index contributed by atoms with van der Waals surface area (Å²) in [6.45, 7) is 0.0584. The van der Waals surface area contributed by atoms with E-state index in [1.54, 1.807) is 0 Å². The molecule has 0 bridgehead atoms. The van der Waals surface area contributed by atoms with Gasteiger partial charge in [-0.3, -0.25) is 9.78 Å². The van der Waals surface area contributed by atoms with E-state index in [0.717, 1.165) is 0 Å². The number of aldehydes is 1. The number of methoxy groups -OCH3 is 1. The average molecular weight is 202 g/mol. The van der Waals surface area contributed by atoms with E-state index in [1.807, 2.05) is 0 Å². The quantitative estimate of drug-likeness (QED) is 0.548. The first-order valence-electron chi connectivity index (χ1n) is 3.50. The van der Waals surface area contributed by atoms with E-state index in [2.05, 4.69) is 9.72 Å². The molecule has 0 aromatic carbocycles. The van der Waals surface area contributed by atoms with E-state index in [9.17, 15) is 4.79 Å². The number of carbonyl (C=O) groups is 1. The van der Waals surface area contributed by atoms with Gasteiger partial charge in [-0.05, 0) is 0 Å². The first-order chi connectivity index (χ1) is 6.29. The van der Waals surface area contributed by atoms with Crippen molar-refractivity contribution in [2.45, 2.75) is 0 Å². The number of hydrogen-bond acceptors (Lipinski definition) is 4. The first-order valence-corrected chi connectivity index (χ1v) is 3.87. The molecule has 0 amide bonds. The molecule has 0 radical (unpaired) electrons. The van der Waals surface area contributed by atoms with Crippen molar-refractivity contribution < 1.29 is 14.3 Å². The molecule has 0 aliphatic heterocycles. The summed E-state index contributed by atoms with van der Waals surface area (Å²) in [5.41, 5.74) is 0.286. The summed E-state index contributed by atoms with van der Waals surface area (Å²) in [5.74, 6) is 0.323. The van der Waals surface area contributed by atoms with Gasteiger partial charge in [0, 0.05) is 13.3 Å². The topological polar surface area (TPSA) is 48.4 Å². The molecule has 13 heavy (non-hydrogen) atoms. The van der Waals surface area contributed by atoms with Crippen molar-refractivity contribution in [3.05, 3.63) is 23.0 Å². The molecule has 0 atom stereocenters. The maximum Gasteiger partial charge on any atom is 0.188 e. The van der Waals surface area contributed by atoms with Gasteiger partial charge in [-0.1, -0.05) is 11.6 Å². The van der Waals surface area contributed by atoms with Gasteiger partial charge in [-0.25, -0.2) is 0 Å². The van der Waals surface area contributed by atoms with Crippen LogP contribution in [0, 0.1) is 0 Å². The molecular formula is C8H8ClNO3. The predicted molar refractivity (Wildman–Crippen MR) is 47.1 cm³/mol. The molecule has 0 fully saturated rings. The van der Waals surface area contributed by atoms with Gasteiger partial charge in [0.05, 0.1) is 16.8 Å². The molecule has 4 nitrogen and oxygen atoms in total. The Labute approximate surface area is 80.4 Å². The Morgan fingerprint density at radius 1 is 1.62 bits per heavy atom. The van der Waals surface area contributed by atoms with Crippen molar-refractivity contribution in [2.75, 3.05) is 13.9 Å². The molecule has 0 unspecified atom stereocenters. The molecule has 1 heterocycles. The van der Waals surface area contributed by atoms with E-state index in [1.165, 1.54) is 19.5 Å². The summed E-state index contributed by atoms with van der Waals surface area (Å²) in [7, 11) is 1.48. The number of pyridine rings is 1. The van der Waals surface area contributed by atoms with Crippen molar-refractivity contribution in [3.63, 3.8) is 0 Å². The predicted octanol–water partition coefficient (Wildman–Crippen LogP) is 1.53. The lowest BCUT2D eigenvalue weighted by molar-refractivity contribution is 0.0503. The van der Waals surface area contributed by atoms with E-state index >= 15 is 0 Å². The van der Waals surface area contributed by atoms with Crippen LogP contribution in [0.25, 0.3) is 0 Å². The maximum absolute atomic E-state index is 10.6. The molecule has 0 saturated heterocycles. The summed E-state index contributed by atoms with van der Waals surface area (Å²) < 4.78 is 9.73. The molecule has 70 valence electrons. The lowest BCUT2D eigenvalue weighted by atomic mass is 10.3. The van der Waals surface area contributed by atoms with E-state index in [-0.39, 0.29) is 17.4 Å². The number of halogens is 1. The highest BCUT2D eigenvalue weighted by Crippen LogP contribution is 2.22. The van der Waals surface area contributed by atoms with Gasteiger partial charge in [0.1, 0.15) is 0 Å². The summed E-state index contributed by atoms with van der Waals surface area (Å²) >= 11 is 5.69. The minimum Gasteiger partial charge on any atom is -0.465 e. The molecule has 0 N–H and O–H groups in total. The summed E-state index contributed by atoms with van der Waals surface area (Å²) in [4.78, 5) is 14.4. The number of aromatic nitrogens is 1. The number of carbonyl (C=O) groups excluding carboxylic acids is 1. The first kappa shape index (κ1) is 9.95. The van der Waals surface area contributed by atoms with Crippen LogP contribution in [0.1, 0.15) is 10.4 Å². The third kappa shape index (κ3) is 2.40. The van der Waals surface area contributed by atoms with Crippen LogP contribution in [-0.4, -0.2) is 25.2 Å². The van der Waals surface area contributed by atoms with Crippen molar-refractivity contribution >= 4 is 17.9 Å². The lowest BCUT2D eigenvalue weighted by Crippen LogP contribution is -2.02. The lowest BCUT2D eigenvalue weighted by Gasteiger charge is -2.06. The second-order valence-corrected chi connectivity index (χ2v) is 2.61. The Hall–Kier alpha value is -1.13. The van der Waals surface area contributed by atoms with Gasteiger partial charge in [0.25, 0.3) is 0 Å². The SMILES string of the molecule is COCOc1cncc(Cl)c1C=O. The van der Waals surface area contributed by atoms with Gasteiger partial charge in [0.2, 0.25) is 0 Å². The van der Waals surface area contributed by atoms with Crippen LogP contribution in [-0.2, 0) is 4.74 Å². The van der Waals surface area contributed by atoms with Gasteiger partial charge in [-0.15, -0.1) is 0 Å². The average Bonchev–Trinajstić information content (AvgIpc) is 2.15. The molecule has 1 aromatic rings. The highest BCUT2D eigenvalue weighted by atomic mass is 35.5. The van der Waals surface area contributed by atoms with Gasteiger partial charge < -0.3 is 9.47 Å². The number of hydrogen-bond donors (Lipinski definition) is 0. The van der Waals surface area contributed by atoms with Gasteiger partial charge >= 0.3 is 0 Å². The van der Waals surface area contributed by atoms with E-state index < -0.39 is 0 Å². The molecule has 0 saturated carbocycles. The normalized spacial score (nSPS) is 9.69. The largest absolute Gasteiger partial charge is 0.465 e. The summed E-state index contributed by atoms with van der Waals surface area (Å²) in [6.07, 6.45) is 3.41. The Kier molecular flexibility index (Phi) is 3.67. The molecule has 0 spiro atoms. The molecular weight excluding hydrogens is 194 g/mol. The highest BCUT2D eigenvalue weighted by Gasteiger charge is 2.07. The third-order valence-corrected chi connectivity index (χ3v) is 1.65. The maximum atomic E-state index is 10.6. The number of rotatable bonds is 4. The molecule has 1 aromatic heterocycles. The van der Waals surface area contributed by atoms with Crippen LogP contribution in [0.4, 0.5) is 0 Å². The van der Waals surface area contributed by atoms with Crippen LogP contribution in [0.3, 0.4) is 0 Å². The summed E-state index contributed by atoms with van der Waals surface area (Å²) in [6, 6.07) is 0. The van der Waals surface area contributed by atoms with Crippen LogP contribution >= 0.6 is 11.6 Å². The fourth-order valence-electron chi connectivity index (χ4n) is 0.779. The number of ether oxygens (including phenoxy) is 2. The van der Waals surface area contributed by atoms with E-state index in [4.69, 9.17) is 16.3 Å². The van der Waals surface area contributed by atoms with Crippen molar-refractivity contribution in [2.24, 2.45) is 0 Å². The van der Waals surface area contributed by atoms with Crippen molar-refractivity contribution in [3.8, 4) is 5.75 Å². The molecule has 0 aliphatic rings. The van der Waals surface area contributed by atoms with Crippen LogP contribution in [0.5, 0.6) is 5.75 Å². The van der Waals surface area contributed by atoms with E-state index in [0.29, 0.717) is 12.0 Å². The Balaban J connectivity index is 2.91.